The maximum Gasteiger partial charge on any atom is 0.220 e. The fourth-order valence-corrected chi connectivity index (χ4v) is 9.82. The van der Waals surface area contributed by atoms with Crippen LogP contribution in [0.1, 0.15) is 296 Å². The normalized spacial score (nSPS) is 19.5. The van der Waals surface area contributed by atoms with E-state index in [1.165, 1.54) is 238 Å². The van der Waals surface area contributed by atoms with Crippen molar-refractivity contribution in [1.82, 2.24) is 5.32 Å². The average Bonchev–Trinajstić information content (AvgIpc) is 3.37. The molecule has 7 unspecified atom stereocenters. The van der Waals surface area contributed by atoms with E-state index in [4.69, 9.17) is 9.47 Å². The van der Waals surface area contributed by atoms with E-state index in [2.05, 4.69) is 43.5 Å². The molecule has 1 aliphatic heterocycles. The number of aliphatic hydroxyl groups excluding tert-OH is 5. The number of unbranched alkanes of at least 4 members (excludes halogenated alkanes) is 39. The second kappa shape index (κ2) is 51.9. The van der Waals surface area contributed by atoms with Crippen LogP contribution < -0.4 is 5.32 Å². The van der Waals surface area contributed by atoms with E-state index >= 15 is 0 Å². The van der Waals surface area contributed by atoms with E-state index in [0.29, 0.717) is 6.42 Å². The molecule has 0 spiro atoms. The Morgan fingerprint density at radius 2 is 0.803 bits per heavy atom. The molecule has 0 bridgehead atoms. The van der Waals surface area contributed by atoms with Crippen LogP contribution in [0.4, 0.5) is 0 Å². The SMILES string of the molecule is CCCCCCCCCC/C=C\CCCCCCCCCCCCCCCCCCCCCC(=O)NC(COC1OC(CO)C(O)C(O)C1O)C(O)/C=C/CC/C=C/CCCCCCCCCCCCC. The molecule has 9 nitrogen and oxygen atoms in total. The van der Waals surface area contributed by atoms with E-state index in [9.17, 15) is 30.3 Å². The molecule has 0 aliphatic carbocycles. The third-order valence-electron chi connectivity index (χ3n) is 14.7. The zero-order chi connectivity index (χ0) is 51.5. The van der Waals surface area contributed by atoms with Gasteiger partial charge in [-0.15, -0.1) is 0 Å². The maximum absolute atomic E-state index is 13.1. The van der Waals surface area contributed by atoms with Crippen LogP contribution in [-0.2, 0) is 14.3 Å². The van der Waals surface area contributed by atoms with Crippen molar-refractivity contribution < 1.29 is 39.8 Å². The molecule has 0 aromatic heterocycles. The molecule has 0 saturated carbocycles. The summed E-state index contributed by atoms with van der Waals surface area (Å²) in [7, 11) is 0. The van der Waals surface area contributed by atoms with Crippen LogP contribution in [0.25, 0.3) is 0 Å². The van der Waals surface area contributed by atoms with Crippen molar-refractivity contribution in [1.29, 1.82) is 0 Å². The van der Waals surface area contributed by atoms with Gasteiger partial charge in [0, 0.05) is 6.42 Å². The molecule has 7 atom stereocenters. The lowest BCUT2D eigenvalue weighted by molar-refractivity contribution is -0.302. The largest absolute Gasteiger partial charge is 0.394 e. The molecule has 6 N–H and O–H groups in total. The summed E-state index contributed by atoms with van der Waals surface area (Å²) in [5, 5.41) is 54.5. The molecule has 1 saturated heterocycles. The van der Waals surface area contributed by atoms with E-state index in [0.717, 1.165) is 38.5 Å². The summed E-state index contributed by atoms with van der Waals surface area (Å²) in [5.74, 6) is -0.182. The fraction of sp³-hybridized carbons (Fsp3) is 0.887. The summed E-state index contributed by atoms with van der Waals surface area (Å²) >= 11 is 0. The summed E-state index contributed by atoms with van der Waals surface area (Å²) in [6.45, 7) is 3.79. The number of ether oxygens (including phenoxy) is 2. The quantitative estimate of drug-likeness (QED) is 0.0261. The minimum Gasteiger partial charge on any atom is -0.394 e. The number of rotatable bonds is 53. The lowest BCUT2D eigenvalue weighted by Crippen LogP contribution is -2.60. The highest BCUT2D eigenvalue weighted by molar-refractivity contribution is 5.76. The van der Waals surface area contributed by atoms with E-state index in [1.54, 1.807) is 6.08 Å². The van der Waals surface area contributed by atoms with Crippen LogP contribution in [0.5, 0.6) is 0 Å². The van der Waals surface area contributed by atoms with Crippen LogP contribution in [0, 0.1) is 0 Å². The smallest absolute Gasteiger partial charge is 0.220 e. The van der Waals surface area contributed by atoms with Crippen LogP contribution in [-0.4, -0.2) is 87.5 Å². The Morgan fingerprint density at radius 1 is 0.465 bits per heavy atom. The Hall–Kier alpha value is -1.59. The zero-order valence-corrected chi connectivity index (χ0v) is 46.5. The van der Waals surface area contributed by atoms with Gasteiger partial charge in [0.25, 0.3) is 0 Å². The average molecular weight is 1000 g/mol. The van der Waals surface area contributed by atoms with Gasteiger partial charge in [-0.25, -0.2) is 0 Å². The number of aliphatic hydroxyl groups is 5. The van der Waals surface area contributed by atoms with Crippen LogP contribution in [0.2, 0.25) is 0 Å². The summed E-state index contributed by atoms with van der Waals surface area (Å²) in [6, 6.07) is -0.820. The molecule has 9 heteroatoms. The molecule has 0 aromatic carbocycles. The van der Waals surface area contributed by atoms with Gasteiger partial charge >= 0.3 is 0 Å². The second-order valence-corrected chi connectivity index (χ2v) is 21.5. The van der Waals surface area contributed by atoms with Gasteiger partial charge in [-0.05, 0) is 57.8 Å². The summed E-state index contributed by atoms with van der Waals surface area (Å²) in [4.78, 5) is 13.1. The monoisotopic (exact) mass is 1000 g/mol. The van der Waals surface area contributed by atoms with Gasteiger partial charge in [-0.2, -0.15) is 0 Å². The molecule has 1 rings (SSSR count). The number of hydrogen-bond donors (Lipinski definition) is 6. The van der Waals surface area contributed by atoms with Gasteiger partial charge in [0.05, 0.1) is 25.4 Å². The fourth-order valence-electron chi connectivity index (χ4n) is 9.82. The predicted octanol–water partition coefficient (Wildman–Crippen LogP) is 15.5. The van der Waals surface area contributed by atoms with Gasteiger partial charge in [0.2, 0.25) is 5.91 Å². The molecule has 0 radical (unpaired) electrons. The maximum atomic E-state index is 13.1. The highest BCUT2D eigenvalue weighted by Crippen LogP contribution is 2.23. The number of carbonyl (C=O) groups excluding carboxylic acids is 1. The van der Waals surface area contributed by atoms with Crippen molar-refractivity contribution in [3.8, 4) is 0 Å². The van der Waals surface area contributed by atoms with Gasteiger partial charge in [-0.1, -0.05) is 269 Å². The topological polar surface area (TPSA) is 149 Å². The van der Waals surface area contributed by atoms with Crippen molar-refractivity contribution in [3.63, 3.8) is 0 Å². The van der Waals surface area contributed by atoms with Crippen molar-refractivity contribution in [2.75, 3.05) is 13.2 Å². The lowest BCUT2D eigenvalue weighted by Gasteiger charge is -2.40. The first-order chi connectivity index (χ1) is 34.8. The third kappa shape index (κ3) is 41.4. The molecule has 0 aromatic rings. The first-order valence-corrected chi connectivity index (χ1v) is 30.7. The minimum atomic E-state index is -1.57. The van der Waals surface area contributed by atoms with Gasteiger partial charge in [0.1, 0.15) is 24.4 Å². The highest BCUT2D eigenvalue weighted by Gasteiger charge is 2.44. The second-order valence-electron chi connectivity index (χ2n) is 21.5. The van der Waals surface area contributed by atoms with Crippen molar-refractivity contribution in [2.45, 2.75) is 339 Å². The Labute approximate surface area is 438 Å². The molecular weight excluding hydrogens is 887 g/mol. The summed E-state index contributed by atoms with van der Waals surface area (Å²) in [5.41, 5.74) is 0. The molecule has 71 heavy (non-hydrogen) atoms. The number of carbonyl (C=O) groups is 1. The third-order valence-corrected chi connectivity index (χ3v) is 14.7. The Bertz CT molecular complexity index is 1210. The van der Waals surface area contributed by atoms with Crippen molar-refractivity contribution in [2.24, 2.45) is 0 Å². The molecule has 418 valence electrons. The number of hydrogen-bond acceptors (Lipinski definition) is 8. The molecule has 1 amide bonds. The minimum absolute atomic E-state index is 0.182. The highest BCUT2D eigenvalue weighted by atomic mass is 16.7. The number of nitrogens with one attached hydrogen (secondary N) is 1. The first kappa shape index (κ1) is 67.4. The van der Waals surface area contributed by atoms with Crippen LogP contribution >= 0.6 is 0 Å². The summed E-state index contributed by atoms with van der Waals surface area (Å²) in [6.07, 6.45) is 60.9. The summed E-state index contributed by atoms with van der Waals surface area (Å²) < 4.78 is 11.3. The predicted molar refractivity (Wildman–Crippen MR) is 300 cm³/mol. The lowest BCUT2D eigenvalue weighted by atomic mass is 9.99. The zero-order valence-electron chi connectivity index (χ0n) is 46.5. The van der Waals surface area contributed by atoms with Gasteiger partial charge in [-0.3, -0.25) is 4.79 Å². The van der Waals surface area contributed by atoms with E-state index in [-0.39, 0.29) is 12.5 Å². The van der Waals surface area contributed by atoms with E-state index < -0.39 is 49.5 Å². The Balaban J connectivity index is 2.15. The van der Waals surface area contributed by atoms with Crippen LogP contribution in [0.3, 0.4) is 0 Å². The number of allylic oxidation sites excluding steroid dienone is 5. The Morgan fingerprint density at radius 3 is 1.18 bits per heavy atom. The van der Waals surface area contributed by atoms with Crippen molar-refractivity contribution in [3.05, 3.63) is 36.5 Å². The van der Waals surface area contributed by atoms with Crippen LogP contribution in [0.15, 0.2) is 36.5 Å². The molecular formula is C62H117NO8. The standard InChI is InChI=1S/C62H117NO8/c1-3-5-7-9-11-13-15-17-19-21-22-23-24-25-26-27-28-29-30-31-32-33-34-36-38-40-42-44-46-48-50-52-58(66)63-55(54-70-62-61(69)60(68)59(67)57(53-64)71-62)56(65)51-49-47-45-43-41-39-37-35-20-18-16-14-12-10-8-6-4-2/h21-22,41,43,49,51,55-57,59-62,64-65,67-69H,3-20,23-40,42,44-48,50,52-54H2,1-2H3,(H,63,66)/b22-21-,43-41+,51-49+. The van der Waals surface area contributed by atoms with Gasteiger partial charge < -0.3 is 40.3 Å². The first-order valence-electron chi connectivity index (χ1n) is 30.7. The molecule has 1 heterocycles. The van der Waals surface area contributed by atoms with Gasteiger partial charge in [0.15, 0.2) is 6.29 Å². The Kier molecular flexibility index (Phi) is 49.3. The number of amides is 1. The molecule has 1 aliphatic rings. The van der Waals surface area contributed by atoms with E-state index in [1.807, 2.05) is 6.08 Å². The van der Waals surface area contributed by atoms with Crippen molar-refractivity contribution >= 4 is 5.91 Å². The molecule has 1 fully saturated rings.